The van der Waals surface area contributed by atoms with Gasteiger partial charge in [-0.1, -0.05) is 12.1 Å². The number of hydrogen-bond donors (Lipinski definition) is 0. The van der Waals surface area contributed by atoms with E-state index in [9.17, 15) is 14.4 Å². The van der Waals surface area contributed by atoms with Crippen molar-refractivity contribution in [2.45, 2.75) is 26.3 Å². The predicted molar refractivity (Wildman–Crippen MR) is 107 cm³/mol. The zero-order valence-electron chi connectivity index (χ0n) is 16.8. The van der Waals surface area contributed by atoms with Gasteiger partial charge >= 0.3 is 5.97 Å². The van der Waals surface area contributed by atoms with Gasteiger partial charge in [0.2, 0.25) is 0 Å². The first-order valence-corrected chi connectivity index (χ1v) is 10.1. The summed E-state index contributed by atoms with van der Waals surface area (Å²) in [5.74, 6) is 0.332. The molecule has 0 aliphatic carbocycles. The minimum Gasteiger partial charge on any atom is -0.482 e. The Morgan fingerprint density at radius 3 is 2.87 bits per heavy atom. The van der Waals surface area contributed by atoms with Gasteiger partial charge in [-0.3, -0.25) is 19.3 Å². The number of piperidine rings is 1. The second-order valence-electron chi connectivity index (χ2n) is 7.34. The third-order valence-electron chi connectivity index (χ3n) is 5.32. The van der Waals surface area contributed by atoms with E-state index in [1.54, 1.807) is 28.9 Å². The molecule has 2 aromatic rings. The number of amides is 2. The van der Waals surface area contributed by atoms with Crippen molar-refractivity contribution in [2.75, 3.05) is 31.2 Å². The lowest BCUT2D eigenvalue weighted by Gasteiger charge is -2.31. The van der Waals surface area contributed by atoms with Crippen LogP contribution in [0.15, 0.2) is 40.8 Å². The Bertz CT molecular complexity index is 953. The number of furan rings is 1. The zero-order valence-corrected chi connectivity index (χ0v) is 16.8. The standard InChI is InChI=1S/C22H24N2O6/c1-2-28-22(27)15-6-5-11-23(12-15)21(26)19-10-9-16(30-19)13-24-17-7-3-4-8-18(17)29-14-20(24)25/h3-4,7-10,15H,2,5-6,11-14H2,1H3. The Labute approximate surface area is 174 Å². The maximum Gasteiger partial charge on any atom is 0.310 e. The zero-order chi connectivity index (χ0) is 21.1. The first-order valence-electron chi connectivity index (χ1n) is 10.1. The van der Waals surface area contributed by atoms with Crippen molar-refractivity contribution in [1.29, 1.82) is 0 Å². The number of nitrogens with zero attached hydrogens (tertiary/aromatic N) is 2. The smallest absolute Gasteiger partial charge is 0.310 e. The summed E-state index contributed by atoms with van der Waals surface area (Å²) in [7, 11) is 0. The SMILES string of the molecule is CCOC(=O)C1CCCN(C(=O)c2ccc(CN3C(=O)COc4ccccc43)o2)C1. The number of anilines is 1. The third kappa shape index (κ3) is 4.03. The van der Waals surface area contributed by atoms with Crippen molar-refractivity contribution in [3.63, 3.8) is 0 Å². The van der Waals surface area contributed by atoms with Crippen molar-refractivity contribution < 1.29 is 28.3 Å². The molecule has 3 heterocycles. The third-order valence-corrected chi connectivity index (χ3v) is 5.32. The van der Waals surface area contributed by atoms with E-state index in [1.165, 1.54) is 0 Å². The van der Waals surface area contributed by atoms with Crippen molar-refractivity contribution in [3.05, 3.63) is 47.9 Å². The quantitative estimate of drug-likeness (QED) is 0.702. The number of carbonyl (C=O) groups is 3. The molecule has 1 unspecified atom stereocenters. The van der Waals surface area contributed by atoms with Crippen LogP contribution in [0.1, 0.15) is 36.1 Å². The van der Waals surface area contributed by atoms with Gasteiger partial charge in [-0.25, -0.2) is 0 Å². The van der Waals surface area contributed by atoms with Crippen molar-refractivity contribution in [1.82, 2.24) is 4.90 Å². The van der Waals surface area contributed by atoms with E-state index < -0.39 is 0 Å². The molecule has 1 atom stereocenters. The molecule has 2 amide bonds. The Hall–Kier alpha value is -3.29. The highest BCUT2D eigenvalue weighted by Gasteiger charge is 2.31. The topological polar surface area (TPSA) is 89.3 Å². The Balaban J connectivity index is 1.45. The summed E-state index contributed by atoms with van der Waals surface area (Å²) >= 11 is 0. The van der Waals surface area contributed by atoms with Crippen molar-refractivity contribution >= 4 is 23.5 Å². The Morgan fingerprint density at radius 1 is 1.20 bits per heavy atom. The highest BCUT2D eigenvalue weighted by molar-refractivity contribution is 5.97. The summed E-state index contributed by atoms with van der Waals surface area (Å²) in [5.41, 5.74) is 0.673. The van der Waals surface area contributed by atoms with E-state index in [2.05, 4.69) is 0 Å². The number of ether oxygens (including phenoxy) is 2. The van der Waals surface area contributed by atoms with E-state index in [-0.39, 0.29) is 42.6 Å². The molecule has 158 valence electrons. The average Bonchev–Trinajstić information content (AvgIpc) is 3.24. The van der Waals surface area contributed by atoms with Crippen LogP contribution >= 0.6 is 0 Å². The number of carbonyl (C=O) groups excluding carboxylic acids is 3. The van der Waals surface area contributed by atoms with Crippen LogP contribution in [0.2, 0.25) is 0 Å². The second-order valence-corrected chi connectivity index (χ2v) is 7.34. The summed E-state index contributed by atoms with van der Waals surface area (Å²) < 4.78 is 16.3. The minimum atomic E-state index is -0.306. The molecule has 0 radical (unpaired) electrons. The van der Waals surface area contributed by atoms with Crippen LogP contribution in [0.5, 0.6) is 5.75 Å². The molecule has 1 aromatic heterocycles. The first kappa shape index (κ1) is 20.0. The van der Waals surface area contributed by atoms with E-state index >= 15 is 0 Å². The Morgan fingerprint density at radius 2 is 2.03 bits per heavy atom. The monoisotopic (exact) mass is 412 g/mol. The number of fused-ring (bicyclic) bond motifs is 1. The molecule has 4 rings (SSSR count). The molecule has 0 bridgehead atoms. The molecule has 2 aliphatic rings. The van der Waals surface area contributed by atoms with Gasteiger partial charge in [0.25, 0.3) is 11.8 Å². The molecule has 8 heteroatoms. The van der Waals surface area contributed by atoms with Gasteiger partial charge in [0.1, 0.15) is 11.5 Å². The van der Waals surface area contributed by atoms with Gasteiger partial charge in [-0.05, 0) is 44.0 Å². The normalized spacial score (nSPS) is 18.6. The second kappa shape index (κ2) is 8.61. The van der Waals surface area contributed by atoms with Crippen molar-refractivity contribution in [2.24, 2.45) is 5.92 Å². The molecule has 1 fully saturated rings. The minimum absolute atomic E-state index is 0.0352. The average molecular weight is 412 g/mol. The lowest BCUT2D eigenvalue weighted by molar-refractivity contribution is -0.149. The largest absolute Gasteiger partial charge is 0.482 e. The van der Waals surface area contributed by atoms with Gasteiger partial charge in [-0.15, -0.1) is 0 Å². The molecule has 8 nitrogen and oxygen atoms in total. The van der Waals surface area contributed by atoms with Crippen LogP contribution in [-0.4, -0.2) is 49.0 Å². The first-order chi connectivity index (χ1) is 14.6. The van der Waals surface area contributed by atoms with Crippen LogP contribution in [-0.2, 0) is 20.9 Å². The summed E-state index contributed by atoms with van der Waals surface area (Å²) in [6, 6.07) is 10.6. The van der Waals surface area contributed by atoms with Gasteiger partial charge in [-0.2, -0.15) is 0 Å². The van der Waals surface area contributed by atoms with Crippen LogP contribution in [0, 0.1) is 5.92 Å². The summed E-state index contributed by atoms with van der Waals surface area (Å²) in [5, 5.41) is 0. The molecular formula is C22H24N2O6. The van der Waals surface area contributed by atoms with Crippen molar-refractivity contribution in [3.8, 4) is 5.75 Å². The van der Waals surface area contributed by atoms with Crippen LogP contribution < -0.4 is 9.64 Å². The van der Waals surface area contributed by atoms with Gasteiger partial charge < -0.3 is 18.8 Å². The summed E-state index contributed by atoms with van der Waals surface area (Å²) in [6.07, 6.45) is 1.45. The molecule has 0 saturated carbocycles. The molecule has 0 spiro atoms. The fourth-order valence-electron chi connectivity index (χ4n) is 3.83. The van der Waals surface area contributed by atoms with Gasteiger partial charge in [0.15, 0.2) is 12.4 Å². The number of benzene rings is 1. The molecule has 2 aliphatic heterocycles. The molecule has 30 heavy (non-hydrogen) atoms. The number of hydrogen-bond acceptors (Lipinski definition) is 6. The molecule has 1 aromatic carbocycles. The van der Waals surface area contributed by atoms with E-state index in [0.717, 1.165) is 6.42 Å². The molecular weight excluding hydrogens is 388 g/mol. The lowest BCUT2D eigenvalue weighted by atomic mass is 9.98. The van der Waals surface area contributed by atoms with E-state index in [0.29, 0.717) is 43.3 Å². The Kier molecular flexibility index (Phi) is 5.74. The highest BCUT2D eigenvalue weighted by atomic mass is 16.5. The highest BCUT2D eigenvalue weighted by Crippen LogP contribution is 2.32. The van der Waals surface area contributed by atoms with Crippen LogP contribution in [0.3, 0.4) is 0 Å². The van der Waals surface area contributed by atoms with E-state index in [4.69, 9.17) is 13.9 Å². The number of rotatable bonds is 5. The maximum absolute atomic E-state index is 12.9. The van der Waals surface area contributed by atoms with E-state index in [1.807, 2.05) is 24.3 Å². The predicted octanol–water partition coefficient (Wildman–Crippen LogP) is 2.62. The number of likely N-dealkylation sites (tertiary alicyclic amines) is 1. The molecule has 1 saturated heterocycles. The van der Waals surface area contributed by atoms with Crippen LogP contribution in [0.25, 0.3) is 0 Å². The van der Waals surface area contributed by atoms with Crippen LogP contribution in [0.4, 0.5) is 5.69 Å². The molecule has 0 N–H and O–H groups in total. The fourth-order valence-corrected chi connectivity index (χ4v) is 3.83. The van der Waals surface area contributed by atoms with Gasteiger partial charge in [0.05, 0.1) is 24.8 Å². The fraction of sp³-hybridized carbons (Fsp3) is 0.409. The van der Waals surface area contributed by atoms with Gasteiger partial charge in [0, 0.05) is 13.1 Å². The maximum atomic E-state index is 12.9. The summed E-state index contributed by atoms with van der Waals surface area (Å²) in [6.45, 7) is 3.16. The number of esters is 1. The lowest BCUT2D eigenvalue weighted by Crippen LogP contribution is -2.42. The number of para-hydroxylation sites is 2. The summed E-state index contributed by atoms with van der Waals surface area (Å²) in [4.78, 5) is 40.5.